The second-order valence-electron chi connectivity index (χ2n) is 5.36. The summed E-state index contributed by atoms with van der Waals surface area (Å²) in [4.78, 5) is 20.5. The lowest BCUT2D eigenvalue weighted by atomic mass is 10.2. The summed E-state index contributed by atoms with van der Waals surface area (Å²) in [6, 6.07) is 7.31. The van der Waals surface area contributed by atoms with Crippen molar-refractivity contribution in [2.24, 2.45) is 5.10 Å². The van der Waals surface area contributed by atoms with Gasteiger partial charge in [0.1, 0.15) is 0 Å². The van der Waals surface area contributed by atoms with Crippen molar-refractivity contribution in [3.63, 3.8) is 0 Å². The summed E-state index contributed by atoms with van der Waals surface area (Å²) >= 11 is 1.27. The zero-order valence-corrected chi connectivity index (χ0v) is 16.1. The smallest absolute Gasteiger partial charge is 0.250 e. The highest BCUT2D eigenvalue weighted by Crippen LogP contribution is 2.27. The number of carbonyl (C=O) groups is 1. The van der Waals surface area contributed by atoms with Crippen LogP contribution in [0.25, 0.3) is 0 Å². The Bertz CT molecular complexity index is 776. The van der Waals surface area contributed by atoms with E-state index >= 15 is 0 Å². The van der Waals surface area contributed by atoms with Gasteiger partial charge in [-0.25, -0.2) is 15.4 Å². The number of hydrogen-bond acceptors (Lipinski definition) is 7. The van der Waals surface area contributed by atoms with Crippen LogP contribution in [0.3, 0.4) is 0 Å². The second-order valence-corrected chi connectivity index (χ2v) is 6.30. The van der Waals surface area contributed by atoms with Crippen LogP contribution < -0.4 is 14.9 Å². The molecule has 0 saturated carbocycles. The van der Waals surface area contributed by atoms with E-state index < -0.39 is 0 Å². The monoisotopic (exact) mass is 374 g/mol. The molecule has 7 nitrogen and oxygen atoms in total. The summed E-state index contributed by atoms with van der Waals surface area (Å²) in [5, 5.41) is 4.55. The second kappa shape index (κ2) is 9.76. The summed E-state index contributed by atoms with van der Waals surface area (Å²) < 4.78 is 10.7. The van der Waals surface area contributed by atoms with Gasteiger partial charge in [-0.1, -0.05) is 11.8 Å². The van der Waals surface area contributed by atoms with Gasteiger partial charge in [-0.3, -0.25) is 4.79 Å². The topological polar surface area (TPSA) is 85.7 Å². The highest BCUT2D eigenvalue weighted by Gasteiger charge is 2.06. The fourth-order valence-corrected chi connectivity index (χ4v) is 2.88. The normalized spacial score (nSPS) is 10.8. The largest absolute Gasteiger partial charge is 0.493 e. The average molecular weight is 374 g/mol. The SMILES string of the molecule is CCOc1cc(/C=N\NC(=O)CSc2nc(C)cc(C)n2)ccc1OC. The van der Waals surface area contributed by atoms with Crippen molar-refractivity contribution in [1.29, 1.82) is 0 Å². The highest BCUT2D eigenvalue weighted by molar-refractivity contribution is 7.99. The molecule has 0 fully saturated rings. The molecule has 26 heavy (non-hydrogen) atoms. The molecule has 0 bridgehead atoms. The lowest BCUT2D eigenvalue weighted by Crippen LogP contribution is -2.19. The number of rotatable bonds is 8. The Hall–Kier alpha value is -2.61. The summed E-state index contributed by atoms with van der Waals surface area (Å²) in [6.07, 6.45) is 1.55. The molecule has 0 aliphatic rings. The van der Waals surface area contributed by atoms with Crippen LogP contribution in [-0.2, 0) is 4.79 Å². The number of carbonyl (C=O) groups excluding carboxylic acids is 1. The molecule has 0 saturated heterocycles. The zero-order valence-electron chi connectivity index (χ0n) is 15.3. The standard InChI is InChI=1S/C18H22N4O3S/c1-5-25-16-9-14(6-7-15(16)24-4)10-19-22-17(23)11-26-18-20-12(2)8-13(3)21-18/h6-10H,5,11H2,1-4H3,(H,22,23)/b19-10-. The van der Waals surface area contributed by atoms with E-state index in [2.05, 4.69) is 20.5 Å². The van der Waals surface area contributed by atoms with E-state index in [1.54, 1.807) is 25.5 Å². The Balaban J connectivity index is 1.89. The number of ether oxygens (including phenoxy) is 2. The van der Waals surface area contributed by atoms with Crippen molar-refractivity contribution in [2.45, 2.75) is 25.9 Å². The number of aryl methyl sites for hydroxylation is 2. The van der Waals surface area contributed by atoms with E-state index in [0.29, 0.717) is 23.3 Å². The minimum absolute atomic E-state index is 0.188. The van der Waals surface area contributed by atoms with Gasteiger partial charge in [-0.15, -0.1) is 0 Å². The van der Waals surface area contributed by atoms with Crippen LogP contribution in [0.15, 0.2) is 34.5 Å². The predicted molar refractivity (Wildman–Crippen MR) is 102 cm³/mol. The first-order chi connectivity index (χ1) is 12.5. The number of benzene rings is 1. The van der Waals surface area contributed by atoms with E-state index in [0.717, 1.165) is 17.0 Å². The molecule has 0 spiro atoms. The third kappa shape index (κ3) is 6.03. The zero-order chi connectivity index (χ0) is 18.9. The number of methoxy groups -OCH3 is 1. The van der Waals surface area contributed by atoms with E-state index in [4.69, 9.17) is 9.47 Å². The summed E-state index contributed by atoms with van der Waals surface area (Å²) in [5.41, 5.74) is 5.04. The number of amides is 1. The van der Waals surface area contributed by atoms with Gasteiger partial charge >= 0.3 is 0 Å². The van der Waals surface area contributed by atoms with Crippen molar-refractivity contribution in [2.75, 3.05) is 19.5 Å². The lowest BCUT2D eigenvalue weighted by Gasteiger charge is -2.09. The molecule has 0 aliphatic carbocycles. The van der Waals surface area contributed by atoms with Crippen LogP contribution in [0.5, 0.6) is 11.5 Å². The maximum Gasteiger partial charge on any atom is 0.250 e. The Morgan fingerprint density at radius 2 is 1.96 bits per heavy atom. The minimum Gasteiger partial charge on any atom is -0.493 e. The number of hydrogen-bond donors (Lipinski definition) is 1. The molecule has 2 aromatic rings. The third-order valence-corrected chi connectivity index (χ3v) is 4.03. The van der Waals surface area contributed by atoms with Crippen LogP contribution in [0.1, 0.15) is 23.9 Å². The molecule has 1 heterocycles. The first-order valence-electron chi connectivity index (χ1n) is 8.09. The molecule has 1 aromatic carbocycles. The fourth-order valence-electron chi connectivity index (χ4n) is 2.14. The number of aromatic nitrogens is 2. The first kappa shape index (κ1) is 19.7. The van der Waals surface area contributed by atoms with Gasteiger partial charge in [0.25, 0.3) is 5.91 Å². The van der Waals surface area contributed by atoms with Crippen LogP contribution in [-0.4, -0.2) is 41.6 Å². The minimum atomic E-state index is -0.229. The van der Waals surface area contributed by atoms with Crippen LogP contribution in [0.4, 0.5) is 0 Å². The van der Waals surface area contributed by atoms with E-state index in [-0.39, 0.29) is 11.7 Å². The predicted octanol–water partition coefficient (Wildman–Crippen LogP) is 2.74. The van der Waals surface area contributed by atoms with Crippen molar-refractivity contribution in [3.8, 4) is 11.5 Å². The highest BCUT2D eigenvalue weighted by atomic mass is 32.2. The maximum absolute atomic E-state index is 11.9. The Labute approximate surface area is 157 Å². The van der Waals surface area contributed by atoms with E-state index in [1.165, 1.54) is 11.8 Å². The molecule has 138 valence electrons. The van der Waals surface area contributed by atoms with Gasteiger partial charge in [0.05, 0.1) is 25.7 Å². The number of nitrogens with one attached hydrogen (secondary N) is 1. The van der Waals surface area contributed by atoms with Crippen LogP contribution in [0.2, 0.25) is 0 Å². The maximum atomic E-state index is 11.9. The molecule has 0 atom stereocenters. The Morgan fingerprint density at radius 3 is 2.62 bits per heavy atom. The van der Waals surface area contributed by atoms with Gasteiger partial charge in [0, 0.05) is 11.4 Å². The molecular formula is C18H22N4O3S. The van der Waals surface area contributed by atoms with Crippen molar-refractivity contribution in [3.05, 3.63) is 41.2 Å². The van der Waals surface area contributed by atoms with E-state index in [1.807, 2.05) is 32.9 Å². The summed E-state index contributed by atoms with van der Waals surface area (Å²) in [7, 11) is 1.59. The quantitative estimate of drug-likeness (QED) is 0.331. The van der Waals surface area contributed by atoms with E-state index in [9.17, 15) is 4.79 Å². The number of thioether (sulfide) groups is 1. The first-order valence-corrected chi connectivity index (χ1v) is 9.08. The molecule has 0 radical (unpaired) electrons. The van der Waals surface area contributed by atoms with Gasteiger partial charge < -0.3 is 9.47 Å². The van der Waals surface area contributed by atoms with Crippen molar-refractivity contribution >= 4 is 23.9 Å². The molecule has 1 N–H and O–H groups in total. The lowest BCUT2D eigenvalue weighted by molar-refractivity contribution is -0.118. The Kier molecular flexibility index (Phi) is 7.40. The molecule has 1 amide bonds. The van der Waals surface area contributed by atoms with Gasteiger partial charge in [0.15, 0.2) is 16.7 Å². The summed E-state index contributed by atoms with van der Waals surface area (Å²) in [5.74, 6) is 1.24. The van der Waals surface area contributed by atoms with Crippen LogP contribution >= 0.6 is 11.8 Å². The number of hydrazone groups is 1. The van der Waals surface area contributed by atoms with Gasteiger partial charge in [0.2, 0.25) is 0 Å². The van der Waals surface area contributed by atoms with Crippen molar-refractivity contribution in [1.82, 2.24) is 15.4 Å². The average Bonchev–Trinajstić information content (AvgIpc) is 2.60. The van der Waals surface area contributed by atoms with Gasteiger partial charge in [-0.05, 0) is 50.6 Å². The molecule has 0 unspecified atom stereocenters. The Morgan fingerprint density at radius 1 is 1.23 bits per heavy atom. The molecule has 8 heteroatoms. The molecule has 0 aliphatic heterocycles. The van der Waals surface area contributed by atoms with Crippen molar-refractivity contribution < 1.29 is 14.3 Å². The number of nitrogens with zero attached hydrogens (tertiary/aromatic N) is 3. The molecule has 1 aromatic heterocycles. The fraction of sp³-hybridized carbons (Fsp3) is 0.333. The molecular weight excluding hydrogens is 352 g/mol. The van der Waals surface area contributed by atoms with Crippen LogP contribution in [0, 0.1) is 13.8 Å². The van der Waals surface area contributed by atoms with Gasteiger partial charge in [-0.2, -0.15) is 5.10 Å². The summed E-state index contributed by atoms with van der Waals surface area (Å²) in [6.45, 7) is 6.23. The third-order valence-electron chi connectivity index (χ3n) is 3.18. The molecule has 2 rings (SSSR count).